The van der Waals surface area contributed by atoms with Gasteiger partial charge in [-0.25, -0.2) is 9.37 Å². The van der Waals surface area contributed by atoms with Gasteiger partial charge in [-0.2, -0.15) is 4.98 Å². The first-order valence-electron chi connectivity index (χ1n) is 6.93. The van der Waals surface area contributed by atoms with E-state index in [1.165, 1.54) is 0 Å². The fourth-order valence-corrected chi connectivity index (χ4v) is 1.61. The third-order valence-corrected chi connectivity index (χ3v) is 2.75. The van der Waals surface area contributed by atoms with Crippen LogP contribution in [0.2, 0.25) is 0 Å². The molecular formula is C16H18FN3O. The summed E-state index contributed by atoms with van der Waals surface area (Å²) in [7, 11) is 0. The van der Waals surface area contributed by atoms with Crippen molar-refractivity contribution in [3.8, 4) is 6.01 Å². The van der Waals surface area contributed by atoms with Gasteiger partial charge in [0.15, 0.2) is 11.6 Å². The molecule has 0 aliphatic carbocycles. The van der Waals surface area contributed by atoms with Crippen molar-refractivity contribution >= 4 is 11.9 Å². The third kappa shape index (κ3) is 4.87. The van der Waals surface area contributed by atoms with E-state index in [9.17, 15) is 4.39 Å². The quantitative estimate of drug-likeness (QED) is 0.785. The van der Waals surface area contributed by atoms with Crippen molar-refractivity contribution in [2.45, 2.75) is 19.8 Å². The number of halogens is 1. The maximum atomic E-state index is 13.6. The molecule has 21 heavy (non-hydrogen) atoms. The van der Waals surface area contributed by atoms with Gasteiger partial charge in [0.2, 0.25) is 0 Å². The number of rotatable bonds is 7. The molecule has 2 aromatic rings. The SMILES string of the molecule is CCCCOc1ncc(F)c(NC=Cc2ccccc2)n1. The summed E-state index contributed by atoms with van der Waals surface area (Å²) >= 11 is 0. The van der Waals surface area contributed by atoms with Crippen LogP contribution in [0.4, 0.5) is 10.2 Å². The van der Waals surface area contributed by atoms with Crippen molar-refractivity contribution in [2.75, 3.05) is 11.9 Å². The number of nitrogens with zero attached hydrogens (tertiary/aromatic N) is 2. The number of anilines is 1. The van der Waals surface area contributed by atoms with Crippen LogP contribution < -0.4 is 10.1 Å². The van der Waals surface area contributed by atoms with Gasteiger partial charge in [-0.1, -0.05) is 43.7 Å². The second-order valence-electron chi connectivity index (χ2n) is 4.44. The normalized spacial score (nSPS) is 10.8. The molecule has 0 aliphatic rings. The number of unbranched alkanes of at least 4 members (excludes halogenated alkanes) is 1. The molecule has 110 valence electrons. The average molecular weight is 287 g/mol. The lowest BCUT2D eigenvalue weighted by atomic mass is 10.2. The van der Waals surface area contributed by atoms with Crippen molar-refractivity contribution in [1.82, 2.24) is 9.97 Å². The molecule has 1 aromatic carbocycles. The second kappa shape index (κ2) is 7.99. The molecule has 5 heteroatoms. The molecule has 0 spiro atoms. The van der Waals surface area contributed by atoms with E-state index < -0.39 is 5.82 Å². The summed E-state index contributed by atoms with van der Waals surface area (Å²) < 4.78 is 19.0. The van der Waals surface area contributed by atoms with Crippen LogP contribution in [0, 0.1) is 5.82 Å². The van der Waals surface area contributed by atoms with Crippen LogP contribution in [0.15, 0.2) is 42.7 Å². The minimum absolute atomic E-state index is 0.101. The molecule has 1 heterocycles. The summed E-state index contributed by atoms with van der Waals surface area (Å²) in [4.78, 5) is 7.81. The summed E-state index contributed by atoms with van der Waals surface area (Å²) in [6.07, 6.45) is 6.51. The Bertz CT molecular complexity index is 587. The topological polar surface area (TPSA) is 47.0 Å². The van der Waals surface area contributed by atoms with Gasteiger partial charge in [0.1, 0.15) is 0 Å². The number of hydrogen-bond donors (Lipinski definition) is 1. The first-order valence-corrected chi connectivity index (χ1v) is 6.93. The van der Waals surface area contributed by atoms with Crippen LogP contribution >= 0.6 is 0 Å². The highest BCUT2D eigenvalue weighted by Gasteiger charge is 2.06. The Hall–Kier alpha value is -2.43. The predicted octanol–water partition coefficient (Wildman–Crippen LogP) is 3.88. The second-order valence-corrected chi connectivity index (χ2v) is 4.44. The standard InChI is InChI=1S/C16H18FN3O/c1-2-3-11-21-16-19-12-14(17)15(20-16)18-10-9-13-7-5-4-6-8-13/h4-10,12H,2-3,11H2,1H3,(H,18,19,20). The zero-order valence-corrected chi connectivity index (χ0v) is 11.9. The van der Waals surface area contributed by atoms with Gasteiger partial charge in [-0.05, 0) is 18.1 Å². The van der Waals surface area contributed by atoms with Crippen LogP contribution in [-0.4, -0.2) is 16.6 Å². The molecule has 0 saturated heterocycles. The summed E-state index contributed by atoms with van der Waals surface area (Å²) in [6.45, 7) is 2.59. The predicted molar refractivity (Wildman–Crippen MR) is 81.5 cm³/mol. The van der Waals surface area contributed by atoms with Crippen molar-refractivity contribution < 1.29 is 9.13 Å². The minimum atomic E-state index is -0.518. The Morgan fingerprint density at radius 3 is 2.86 bits per heavy atom. The third-order valence-electron chi connectivity index (χ3n) is 2.75. The van der Waals surface area contributed by atoms with Gasteiger partial charge >= 0.3 is 6.01 Å². The van der Waals surface area contributed by atoms with Gasteiger partial charge in [-0.15, -0.1) is 0 Å². The van der Waals surface area contributed by atoms with Crippen molar-refractivity contribution in [1.29, 1.82) is 0 Å². The van der Waals surface area contributed by atoms with Crippen LogP contribution in [0.3, 0.4) is 0 Å². The monoisotopic (exact) mass is 287 g/mol. The maximum Gasteiger partial charge on any atom is 0.318 e. The fraction of sp³-hybridized carbons (Fsp3) is 0.250. The highest BCUT2D eigenvalue weighted by atomic mass is 19.1. The summed E-state index contributed by atoms with van der Waals surface area (Å²) in [5, 5.41) is 2.81. The van der Waals surface area contributed by atoms with Crippen LogP contribution in [0.25, 0.3) is 6.08 Å². The van der Waals surface area contributed by atoms with E-state index >= 15 is 0 Å². The lowest BCUT2D eigenvalue weighted by Gasteiger charge is -2.06. The van der Waals surface area contributed by atoms with E-state index in [-0.39, 0.29) is 11.8 Å². The molecular weight excluding hydrogens is 269 g/mol. The molecule has 1 N–H and O–H groups in total. The molecule has 2 rings (SSSR count). The first-order chi connectivity index (χ1) is 10.3. The van der Waals surface area contributed by atoms with Crippen molar-refractivity contribution in [3.05, 3.63) is 54.1 Å². The highest BCUT2D eigenvalue weighted by molar-refractivity contribution is 5.53. The lowest BCUT2D eigenvalue weighted by Crippen LogP contribution is -2.04. The molecule has 0 amide bonds. The number of ether oxygens (including phenoxy) is 1. The van der Waals surface area contributed by atoms with Gasteiger partial charge in [0.25, 0.3) is 0 Å². The molecule has 0 radical (unpaired) electrons. The molecule has 0 bridgehead atoms. The van der Waals surface area contributed by atoms with Crippen LogP contribution in [0.1, 0.15) is 25.3 Å². The van der Waals surface area contributed by atoms with E-state index in [4.69, 9.17) is 4.74 Å². The van der Waals surface area contributed by atoms with Gasteiger partial charge < -0.3 is 10.1 Å². The number of aromatic nitrogens is 2. The van der Waals surface area contributed by atoms with E-state index in [0.29, 0.717) is 6.61 Å². The smallest absolute Gasteiger partial charge is 0.318 e. The van der Waals surface area contributed by atoms with Crippen LogP contribution in [0.5, 0.6) is 6.01 Å². The molecule has 4 nitrogen and oxygen atoms in total. The van der Waals surface area contributed by atoms with E-state index in [1.54, 1.807) is 6.20 Å². The molecule has 0 saturated carbocycles. The van der Waals surface area contributed by atoms with Gasteiger partial charge in [0.05, 0.1) is 12.8 Å². The molecule has 1 aromatic heterocycles. The summed E-state index contributed by atoms with van der Waals surface area (Å²) in [5.41, 5.74) is 1.01. The van der Waals surface area contributed by atoms with Gasteiger partial charge in [-0.3, -0.25) is 0 Å². The molecule has 0 atom stereocenters. The lowest BCUT2D eigenvalue weighted by molar-refractivity contribution is 0.284. The molecule has 0 aliphatic heterocycles. The Kier molecular flexibility index (Phi) is 5.70. The Labute approximate surface area is 123 Å². The minimum Gasteiger partial charge on any atom is -0.463 e. The fourth-order valence-electron chi connectivity index (χ4n) is 1.61. The number of benzene rings is 1. The van der Waals surface area contributed by atoms with E-state index in [2.05, 4.69) is 22.2 Å². The molecule has 0 fully saturated rings. The van der Waals surface area contributed by atoms with E-state index in [0.717, 1.165) is 24.6 Å². The van der Waals surface area contributed by atoms with Crippen molar-refractivity contribution in [2.24, 2.45) is 0 Å². The number of hydrogen-bond acceptors (Lipinski definition) is 4. The zero-order valence-electron chi connectivity index (χ0n) is 11.9. The number of nitrogens with one attached hydrogen (secondary N) is 1. The van der Waals surface area contributed by atoms with Crippen LogP contribution in [-0.2, 0) is 0 Å². The summed E-state index contributed by atoms with van der Waals surface area (Å²) in [5.74, 6) is -0.417. The first kappa shape index (κ1) is 15.0. The van der Waals surface area contributed by atoms with Gasteiger partial charge in [0, 0.05) is 6.20 Å². The Morgan fingerprint density at radius 2 is 2.10 bits per heavy atom. The Balaban J connectivity index is 1.98. The molecule has 0 unspecified atom stereocenters. The summed E-state index contributed by atoms with van der Waals surface area (Å²) in [6, 6.07) is 9.89. The Morgan fingerprint density at radius 1 is 1.29 bits per heavy atom. The largest absolute Gasteiger partial charge is 0.463 e. The maximum absolute atomic E-state index is 13.6. The zero-order chi connectivity index (χ0) is 14.9. The van der Waals surface area contributed by atoms with Crippen molar-refractivity contribution in [3.63, 3.8) is 0 Å². The van der Waals surface area contributed by atoms with E-state index in [1.807, 2.05) is 36.4 Å². The average Bonchev–Trinajstić information content (AvgIpc) is 2.51. The highest BCUT2D eigenvalue weighted by Crippen LogP contribution is 2.14.